The molecule has 1 aromatic carbocycles. The standard InChI is InChI=1S/C17H19N7O/c1-13-4-2-5-14(10-13)24-12-16(19-21-24)17(25)23-8-3-6-15(23)11-22-9-7-18-20-22/h2,4-5,7,9-10,12,15H,3,6,8,11H2,1H3/t15-/m0/s1. The van der Waals surface area contributed by atoms with E-state index in [2.05, 4.69) is 20.6 Å². The van der Waals surface area contributed by atoms with Crippen molar-refractivity contribution < 1.29 is 4.79 Å². The van der Waals surface area contributed by atoms with Crippen LogP contribution in [0.2, 0.25) is 0 Å². The first kappa shape index (κ1) is 15.5. The molecule has 0 bridgehead atoms. The normalized spacial score (nSPS) is 17.2. The van der Waals surface area contributed by atoms with Gasteiger partial charge in [0.05, 0.1) is 30.7 Å². The van der Waals surface area contributed by atoms with Crippen molar-refractivity contribution in [2.45, 2.75) is 32.4 Å². The van der Waals surface area contributed by atoms with Crippen LogP contribution in [0, 0.1) is 6.92 Å². The van der Waals surface area contributed by atoms with Crippen LogP contribution in [0.1, 0.15) is 28.9 Å². The smallest absolute Gasteiger partial charge is 0.276 e. The Kier molecular flexibility index (Phi) is 4.01. The third kappa shape index (κ3) is 3.15. The number of rotatable bonds is 4. The van der Waals surface area contributed by atoms with Crippen LogP contribution in [-0.2, 0) is 6.54 Å². The van der Waals surface area contributed by atoms with Gasteiger partial charge >= 0.3 is 0 Å². The Morgan fingerprint density at radius 2 is 2.24 bits per heavy atom. The van der Waals surface area contributed by atoms with Gasteiger partial charge in [0, 0.05) is 12.7 Å². The summed E-state index contributed by atoms with van der Waals surface area (Å²) in [5.41, 5.74) is 2.40. The minimum absolute atomic E-state index is 0.0819. The fourth-order valence-electron chi connectivity index (χ4n) is 3.24. The number of carbonyl (C=O) groups excluding carboxylic acids is 1. The van der Waals surface area contributed by atoms with Gasteiger partial charge in [-0.05, 0) is 37.5 Å². The predicted octanol–water partition coefficient (Wildman–Crippen LogP) is 1.47. The lowest BCUT2D eigenvalue weighted by Gasteiger charge is -2.23. The molecule has 0 N–H and O–H groups in total. The molecule has 1 aliphatic rings. The maximum Gasteiger partial charge on any atom is 0.276 e. The van der Waals surface area contributed by atoms with Crippen molar-refractivity contribution in [2.75, 3.05) is 6.54 Å². The quantitative estimate of drug-likeness (QED) is 0.720. The lowest BCUT2D eigenvalue weighted by atomic mass is 10.2. The topological polar surface area (TPSA) is 81.7 Å². The van der Waals surface area contributed by atoms with E-state index >= 15 is 0 Å². The van der Waals surface area contributed by atoms with E-state index in [0.29, 0.717) is 12.2 Å². The highest BCUT2D eigenvalue weighted by Gasteiger charge is 2.31. The van der Waals surface area contributed by atoms with E-state index in [0.717, 1.165) is 30.6 Å². The maximum atomic E-state index is 12.9. The number of likely N-dealkylation sites (tertiary alicyclic amines) is 1. The van der Waals surface area contributed by atoms with Crippen molar-refractivity contribution in [2.24, 2.45) is 0 Å². The first-order chi connectivity index (χ1) is 12.2. The largest absolute Gasteiger partial charge is 0.332 e. The van der Waals surface area contributed by atoms with E-state index in [1.165, 1.54) is 0 Å². The Hall–Kier alpha value is -3.03. The average Bonchev–Trinajstić information content (AvgIpc) is 3.36. The Morgan fingerprint density at radius 1 is 1.32 bits per heavy atom. The number of hydrogen-bond acceptors (Lipinski definition) is 5. The van der Waals surface area contributed by atoms with Crippen LogP contribution in [-0.4, -0.2) is 53.4 Å². The summed E-state index contributed by atoms with van der Waals surface area (Å²) in [6.07, 6.45) is 7.10. The minimum Gasteiger partial charge on any atom is -0.332 e. The van der Waals surface area contributed by atoms with Gasteiger partial charge in [-0.25, -0.2) is 4.68 Å². The average molecular weight is 337 g/mol. The van der Waals surface area contributed by atoms with Crippen LogP contribution >= 0.6 is 0 Å². The number of aromatic nitrogens is 6. The summed E-state index contributed by atoms with van der Waals surface area (Å²) in [7, 11) is 0. The number of amides is 1. The molecule has 0 radical (unpaired) electrons. The molecule has 3 aromatic rings. The van der Waals surface area contributed by atoms with Gasteiger partial charge in [0.25, 0.3) is 5.91 Å². The van der Waals surface area contributed by atoms with Gasteiger partial charge in [-0.15, -0.1) is 10.2 Å². The molecule has 1 atom stereocenters. The fraction of sp³-hybridized carbons (Fsp3) is 0.353. The zero-order valence-electron chi connectivity index (χ0n) is 14.0. The van der Waals surface area contributed by atoms with E-state index in [4.69, 9.17) is 0 Å². The molecular formula is C17H19N7O. The molecule has 1 saturated heterocycles. The molecular weight excluding hydrogens is 318 g/mol. The SMILES string of the molecule is Cc1cccc(-n2cc(C(=O)N3CCC[C@H]3Cn3ccnn3)nn2)c1. The zero-order valence-corrected chi connectivity index (χ0v) is 14.0. The molecule has 0 aliphatic carbocycles. The van der Waals surface area contributed by atoms with Gasteiger partial charge in [0.15, 0.2) is 5.69 Å². The van der Waals surface area contributed by atoms with Gasteiger partial charge in [0.2, 0.25) is 0 Å². The number of benzene rings is 1. The zero-order chi connectivity index (χ0) is 17.2. The van der Waals surface area contributed by atoms with Crippen LogP contribution in [0.4, 0.5) is 0 Å². The number of hydrogen-bond donors (Lipinski definition) is 0. The molecule has 2 aromatic heterocycles. The molecule has 3 heterocycles. The van der Waals surface area contributed by atoms with E-state index in [1.54, 1.807) is 21.8 Å². The second-order valence-electron chi connectivity index (χ2n) is 6.31. The molecule has 0 unspecified atom stereocenters. The van der Waals surface area contributed by atoms with Crippen LogP contribution in [0.5, 0.6) is 0 Å². The van der Waals surface area contributed by atoms with Crippen LogP contribution in [0.25, 0.3) is 5.69 Å². The molecule has 4 rings (SSSR count). The van der Waals surface area contributed by atoms with Crippen LogP contribution in [0.3, 0.4) is 0 Å². The van der Waals surface area contributed by atoms with Crippen molar-refractivity contribution in [3.8, 4) is 5.69 Å². The van der Waals surface area contributed by atoms with Crippen LogP contribution < -0.4 is 0 Å². The van der Waals surface area contributed by atoms with E-state index in [1.807, 2.05) is 42.3 Å². The molecule has 0 spiro atoms. The van der Waals surface area contributed by atoms with Gasteiger partial charge in [-0.3, -0.25) is 9.48 Å². The van der Waals surface area contributed by atoms with Crippen molar-refractivity contribution in [3.63, 3.8) is 0 Å². The molecule has 1 aliphatic heterocycles. The molecule has 8 nitrogen and oxygen atoms in total. The van der Waals surface area contributed by atoms with Crippen molar-refractivity contribution in [1.29, 1.82) is 0 Å². The van der Waals surface area contributed by atoms with E-state index in [9.17, 15) is 4.79 Å². The summed E-state index contributed by atoms with van der Waals surface area (Å²) in [6, 6.07) is 8.04. The molecule has 1 amide bonds. The summed E-state index contributed by atoms with van der Waals surface area (Å²) in [5, 5.41) is 16.0. The van der Waals surface area contributed by atoms with Crippen molar-refractivity contribution in [3.05, 3.63) is 54.1 Å². The Morgan fingerprint density at radius 3 is 3.04 bits per heavy atom. The molecule has 25 heavy (non-hydrogen) atoms. The van der Waals surface area contributed by atoms with E-state index in [-0.39, 0.29) is 11.9 Å². The van der Waals surface area contributed by atoms with Gasteiger partial charge in [-0.2, -0.15) is 0 Å². The first-order valence-electron chi connectivity index (χ1n) is 8.35. The summed E-state index contributed by atoms with van der Waals surface area (Å²) in [6.45, 7) is 3.40. The van der Waals surface area contributed by atoms with Crippen molar-refractivity contribution in [1.82, 2.24) is 34.9 Å². The minimum atomic E-state index is -0.0819. The summed E-state index contributed by atoms with van der Waals surface area (Å²) < 4.78 is 3.41. The van der Waals surface area contributed by atoms with Crippen LogP contribution in [0.15, 0.2) is 42.9 Å². The second-order valence-corrected chi connectivity index (χ2v) is 6.31. The lowest BCUT2D eigenvalue weighted by Crippen LogP contribution is -2.38. The van der Waals surface area contributed by atoms with Gasteiger partial charge < -0.3 is 4.90 Å². The summed E-state index contributed by atoms with van der Waals surface area (Å²) in [5.74, 6) is -0.0819. The predicted molar refractivity (Wildman–Crippen MR) is 90.2 cm³/mol. The van der Waals surface area contributed by atoms with Gasteiger partial charge in [-0.1, -0.05) is 22.6 Å². The maximum absolute atomic E-state index is 12.9. The third-order valence-electron chi connectivity index (χ3n) is 4.49. The summed E-state index contributed by atoms with van der Waals surface area (Å²) >= 11 is 0. The number of aryl methyl sites for hydroxylation is 1. The highest BCUT2D eigenvalue weighted by molar-refractivity contribution is 5.92. The molecule has 1 fully saturated rings. The fourth-order valence-corrected chi connectivity index (χ4v) is 3.24. The van der Waals surface area contributed by atoms with Crippen molar-refractivity contribution >= 4 is 5.91 Å². The summed E-state index contributed by atoms with van der Waals surface area (Å²) in [4.78, 5) is 14.7. The Bertz CT molecular complexity index is 871. The number of nitrogens with zero attached hydrogens (tertiary/aromatic N) is 7. The molecule has 128 valence electrons. The Labute approximate surface area is 145 Å². The highest BCUT2D eigenvalue weighted by Crippen LogP contribution is 2.21. The number of carbonyl (C=O) groups is 1. The molecule has 8 heteroatoms. The molecule has 0 saturated carbocycles. The van der Waals surface area contributed by atoms with E-state index < -0.39 is 0 Å². The lowest BCUT2D eigenvalue weighted by molar-refractivity contribution is 0.0715. The third-order valence-corrected chi connectivity index (χ3v) is 4.49. The monoisotopic (exact) mass is 337 g/mol. The highest BCUT2D eigenvalue weighted by atomic mass is 16.2. The Balaban J connectivity index is 1.52. The van der Waals surface area contributed by atoms with Gasteiger partial charge in [0.1, 0.15) is 0 Å². The second kappa shape index (κ2) is 6.46. The first-order valence-corrected chi connectivity index (χ1v) is 8.35.